The zero-order chi connectivity index (χ0) is 15.6. The van der Waals surface area contributed by atoms with E-state index in [1.165, 1.54) is 23.5 Å². The van der Waals surface area contributed by atoms with E-state index in [1.807, 2.05) is 11.4 Å². The van der Waals surface area contributed by atoms with E-state index in [9.17, 15) is 17.6 Å². The zero-order valence-corrected chi connectivity index (χ0v) is 12.9. The number of nitrogens with two attached hydrogens (primary N) is 1. The van der Waals surface area contributed by atoms with Crippen LogP contribution in [0, 0.1) is 5.82 Å². The monoisotopic (exact) mass is 382 g/mol. The summed E-state index contributed by atoms with van der Waals surface area (Å²) < 4.78 is 53.2. The molecule has 0 aliphatic heterocycles. The minimum absolute atomic E-state index is 0.104. The Labute approximate surface area is 131 Å². The van der Waals surface area contributed by atoms with Gasteiger partial charge in [0.1, 0.15) is 5.82 Å². The number of hydrogen-bond donors (Lipinski definition) is 2. The van der Waals surface area contributed by atoms with Crippen LogP contribution in [0.5, 0.6) is 0 Å². The van der Waals surface area contributed by atoms with Gasteiger partial charge < -0.3 is 0 Å². The smallest absolute Gasteiger partial charge is 0.271 e. The molecule has 0 radical (unpaired) electrons. The van der Waals surface area contributed by atoms with E-state index in [0.29, 0.717) is 6.07 Å². The van der Waals surface area contributed by atoms with Crippen LogP contribution >= 0.6 is 27.3 Å². The van der Waals surface area contributed by atoms with Crippen molar-refractivity contribution in [1.82, 2.24) is 5.43 Å². The Bertz CT molecular complexity index is 627. The maximum Gasteiger partial charge on any atom is 0.419 e. The van der Waals surface area contributed by atoms with Crippen molar-refractivity contribution in [2.24, 2.45) is 5.84 Å². The Morgan fingerprint density at radius 3 is 2.52 bits per heavy atom. The molecule has 8 heteroatoms. The van der Waals surface area contributed by atoms with Crippen molar-refractivity contribution in [3.63, 3.8) is 0 Å². The van der Waals surface area contributed by atoms with E-state index in [-0.39, 0.29) is 12.0 Å². The summed E-state index contributed by atoms with van der Waals surface area (Å²) >= 11 is 4.75. The summed E-state index contributed by atoms with van der Waals surface area (Å²) in [6.45, 7) is 0. The molecule has 1 aromatic carbocycles. The van der Waals surface area contributed by atoms with Crippen molar-refractivity contribution < 1.29 is 17.6 Å². The zero-order valence-electron chi connectivity index (χ0n) is 10.5. The number of nitrogens with one attached hydrogen (secondary N) is 1. The lowest BCUT2D eigenvalue weighted by Gasteiger charge is -2.19. The minimum Gasteiger partial charge on any atom is -0.271 e. The number of benzene rings is 1. The Morgan fingerprint density at radius 2 is 2.00 bits per heavy atom. The fourth-order valence-corrected chi connectivity index (χ4v) is 3.51. The molecule has 0 spiro atoms. The van der Waals surface area contributed by atoms with Crippen LogP contribution in [0.3, 0.4) is 0 Å². The first-order valence-corrected chi connectivity index (χ1v) is 7.55. The molecule has 1 atom stereocenters. The molecule has 3 N–H and O–H groups in total. The lowest BCUT2D eigenvalue weighted by molar-refractivity contribution is -0.140. The van der Waals surface area contributed by atoms with E-state index < -0.39 is 23.6 Å². The van der Waals surface area contributed by atoms with Crippen molar-refractivity contribution in [2.75, 3.05) is 0 Å². The Hall–Kier alpha value is -0.960. The summed E-state index contributed by atoms with van der Waals surface area (Å²) in [5, 5.41) is 1.83. The maximum atomic E-state index is 14.1. The maximum absolute atomic E-state index is 14.1. The van der Waals surface area contributed by atoms with Gasteiger partial charge in [-0.1, -0.05) is 12.1 Å². The first kappa shape index (κ1) is 16.4. The normalized spacial score (nSPS) is 13.4. The van der Waals surface area contributed by atoms with Gasteiger partial charge in [-0.25, -0.2) is 4.39 Å². The summed E-state index contributed by atoms with van der Waals surface area (Å²) in [6, 6.07) is 4.26. The van der Waals surface area contributed by atoms with Gasteiger partial charge in [-0.15, -0.1) is 11.3 Å². The molecular weight excluding hydrogens is 372 g/mol. The van der Waals surface area contributed by atoms with Gasteiger partial charge in [0.15, 0.2) is 0 Å². The Kier molecular flexibility index (Phi) is 5.03. The van der Waals surface area contributed by atoms with Gasteiger partial charge in [0.05, 0.1) is 11.6 Å². The fraction of sp³-hybridized carbons (Fsp3) is 0.231. The Morgan fingerprint density at radius 1 is 1.29 bits per heavy atom. The molecule has 0 bridgehead atoms. The predicted molar refractivity (Wildman–Crippen MR) is 77.2 cm³/mol. The van der Waals surface area contributed by atoms with Crippen molar-refractivity contribution in [2.45, 2.75) is 18.6 Å². The van der Waals surface area contributed by atoms with Crippen LogP contribution in [0.4, 0.5) is 17.6 Å². The molecule has 0 aliphatic rings. The highest BCUT2D eigenvalue weighted by Crippen LogP contribution is 2.35. The standard InChI is InChI=1S/C13H11BrF4N2S/c14-9-4-5-21-11(9)6-10(20-19)7-2-1-3-8(12(7)15)13(16,17)18/h1-5,10,20H,6,19H2. The average Bonchev–Trinajstić information content (AvgIpc) is 2.81. The van der Waals surface area contributed by atoms with Gasteiger partial charge in [-0.05, 0) is 33.4 Å². The van der Waals surface area contributed by atoms with Crippen LogP contribution in [0.15, 0.2) is 34.1 Å². The number of hydrazine groups is 1. The third kappa shape index (κ3) is 3.63. The van der Waals surface area contributed by atoms with Crippen LogP contribution in [0.2, 0.25) is 0 Å². The minimum atomic E-state index is -4.73. The molecule has 0 amide bonds. The molecule has 1 aromatic heterocycles. The molecule has 2 nitrogen and oxygen atoms in total. The topological polar surface area (TPSA) is 38.0 Å². The van der Waals surface area contributed by atoms with Crippen molar-refractivity contribution in [3.8, 4) is 0 Å². The van der Waals surface area contributed by atoms with Gasteiger partial charge in [-0.3, -0.25) is 11.3 Å². The largest absolute Gasteiger partial charge is 0.419 e. The van der Waals surface area contributed by atoms with Gasteiger partial charge in [-0.2, -0.15) is 13.2 Å². The van der Waals surface area contributed by atoms with Crippen molar-refractivity contribution in [3.05, 3.63) is 55.9 Å². The molecule has 0 saturated carbocycles. The number of rotatable bonds is 4. The van der Waals surface area contributed by atoms with Crippen LogP contribution in [0.1, 0.15) is 22.0 Å². The van der Waals surface area contributed by atoms with Gasteiger partial charge >= 0.3 is 6.18 Å². The quantitative estimate of drug-likeness (QED) is 0.466. The van der Waals surface area contributed by atoms with Crippen LogP contribution in [-0.4, -0.2) is 0 Å². The SMILES string of the molecule is NNC(Cc1sccc1Br)c1cccc(C(F)(F)F)c1F. The third-order valence-corrected chi connectivity index (χ3v) is 4.94. The Balaban J connectivity index is 2.37. The second kappa shape index (κ2) is 6.43. The summed E-state index contributed by atoms with van der Waals surface area (Å²) in [7, 11) is 0. The highest BCUT2D eigenvalue weighted by Gasteiger charge is 2.35. The van der Waals surface area contributed by atoms with E-state index >= 15 is 0 Å². The number of thiophene rings is 1. The van der Waals surface area contributed by atoms with Gasteiger partial charge in [0.25, 0.3) is 0 Å². The van der Waals surface area contributed by atoms with Crippen LogP contribution < -0.4 is 11.3 Å². The molecule has 1 unspecified atom stereocenters. The third-order valence-electron chi connectivity index (χ3n) is 2.99. The molecule has 0 aliphatic carbocycles. The number of halogens is 5. The van der Waals surface area contributed by atoms with Gasteiger partial charge in [0, 0.05) is 21.3 Å². The first-order chi connectivity index (χ1) is 9.84. The van der Waals surface area contributed by atoms with E-state index in [2.05, 4.69) is 21.4 Å². The lowest BCUT2D eigenvalue weighted by Crippen LogP contribution is -2.30. The van der Waals surface area contributed by atoms with Crippen LogP contribution in [0.25, 0.3) is 0 Å². The molecule has 2 rings (SSSR count). The second-order valence-electron chi connectivity index (χ2n) is 4.32. The first-order valence-electron chi connectivity index (χ1n) is 5.88. The van der Waals surface area contributed by atoms with Crippen LogP contribution in [-0.2, 0) is 12.6 Å². The fourth-order valence-electron chi connectivity index (χ4n) is 1.95. The lowest BCUT2D eigenvalue weighted by atomic mass is 10.00. The molecule has 0 saturated heterocycles. The summed E-state index contributed by atoms with van der Waals surface area (Å²) in [4.78, 5) is 0.870. The van der Waals surface area contributed by atoms with Crippen molar-refractivity contribution in [1.29, 1.82) is 0 Å². The summed E-state index contributed by atoms with van der Waals surface area (Å²) in [5.41, 5.74) is 0.991. The molecular formula is C13H11BrF4N2S. The molecule has 114 valence electrons. The second-order valence-corrected chi connectivity index (χ2v) is 6.18. The number of hydrogen-bond acceptors (Lipinski definition) is 3. The highest BCUT2D eigenvalue weighted by atomic mass is 79.9. The van der Waals surface area contributed by atoms with Gasteiger partial charge in [0.2, 0.25) is 0 Å². The van der Waals surface area contributed by atoms with E-state index in [4.69, 9.17) is 5.84 Å². The predicted octanol–water partition coefficient (Wildman–Crippen LogP) is 4.42. The van der Waals surface area contributed by atoms with Crippen molar-refractivity contribution >= 4 is 27.3 Å². The summed E-state index contributed by atoms with van der Waals surface area (Å²) in [6.07, 6.45) is -4.45. The van der Waals surface area contributed by atoms with E-state index in [1.54, 1.807) is 0 Å². The average molecular weight is 383 g/mol. The highest BCUT2D eigenvalue weighted by molar-refractivity contribution is 9.10. The molecule has 1 heterocycles. The van der Waals surface area contributed by atoms with E-state index in [0.717, 1.165) is 9.35 Å². The molecule has 2 aromatic rings. The summed E-state index contributed by atoms with van der Waals surface area (Å²) in [5.74, 6) is 4.10. The molecule has 0 fully saturated rings. The molecule has 21 heavy (non-hydrogen) atoms. The number of alkyl halides is 3.